The van der Waals surface area contributed by atoms with E-state index in [9.17, 15) is 13.6 Å². The molecule has 1 aromatic rings. The average molecular weight is 253 g/mol. The zero-order valence-electron chi connectivity index (χ0n) is 9.86. The van der Waals surface area contributed by atoms with E-state index in [1.807, 2.05) is 0 Å². The van der Waals surface area contributed by atoms with Gasteiger partial charge in [-0.05, 0) is 12.1 Å². The van der Waals surface area contributed by atoms with Gasteiger partial charge in [-0.3, -0.25) is 4.79 Å². The molecule has 0 bridgehead atoms. The van der Waals surface area contributed by atoms with Gasteiger partial charge < -0.3 is 10.0 Å². The van der Waals surface area contributed by atoms with Gasteiger partial charge >= 0.3 is 5.97 Å². The van der Waals surface area contributed by atoms with Gasteiger partial charge in [0.25, 0.3) is 0 Å². The number of aliphatic carboxylic acids is 1. The zero-order chi connectivity index (χ0) is 13.7. The van der Waals surface area contributed by atoms with Gasteiger partial charge in [-0.2, -0.15) is 0 Å². The number of anilines is 1. The lowest BCUT2D eigenvalue weighted by Gasteiger charge is -2.24. The monoisotopic (exact) mass is 253 g/mol. The van der Waals surface area contributed by atoms with Crippen LogP contribution < -0.4 is 4.90 Å². The van der Waals surface area contributed by atoms with E-state index in [0.717, 1.165) is 12.1 Å². The minimum atomic E-state index is -0.988. The highest BCUT2D eigenvalue weighted by atomic mass is 19.2. The molecular formula is C13H13F2NO2. The summed E-state index contributed by atoms with van der Waals surface area (Å²) in [7, 11) is 0. The maximum Gasteiger partial charge on any atom is 0.308 e. The first-order valence-electron chi connectivity index (χ1n) is 5.32. The van der Waals surface area contributed by atoms with Gasteiger partial charge in [-0.15, -0.1) is 6.42 Å². The summed E-state index contributed by atoms with van der Waals surface area (Å²) in [5.74, 6) is -1.21. The van der Waals surface area contributed by atoms with Crippen molar-refractivity contribution >= 4 is 11.7 Å². The number of carbonyl (C=O) groups is 1. The Morgan fingerprint density at radius 1 is 1.50 bits per heavy atom. The second kappa shape index (κ2) is 6.01. The first-order valence-corrected chi connectivity index (χ1v) is 5.32. The van der Waals surface area contributed by atoms with Crippen molar-refractivity contribution in [3.05, 3.63) is 29.8 Å². The number of hydrogen-bond donors (Lipinski definition) is 1. The van der Waals surface area contributed by atoms with Gasteiger partial charge in [-0.25, -0.2) is 8.78 Å². The molecule has 1 N–H and O–H groups in total. The molecule has 0 heterocycles. The first-order chi connectivity index (χ1) is 8.45. The third kappa shape index (κ3) is 3.45. The maximum atomic E-state index is 13.1. The molecule has 0 aliphatic carbocycles. The number of nitrogens with zero attached hydrogens (tertiary/aromatic N) is 1. The molecule has 18 heavy (non-hydrogen) atoms. The van der Waals surface area contributed by atoms with Crippen molar-refractivity contribution in [2.45, 2.75) is 6.92 Å². The van der Waals surface area contributed by atoms with Crippen LogP contribution in [-0.4, -0.2) is 24.2 Å². The van der Waals surface area contributed by atoms with Crippen molar-refractivity contribution in [3.63, 3.8) is 0 Å². The predicted molar refractivity (Wildman–Crippen MR) is 64.2 cm³/mol. The fraction of sp³-hybridized carbons (Fsp3) is 0.308. The number of carboxylic acid groups (broad SMARTS) is 1. The number of halogens is 2. The van der Waals surface area contributed by atoms with E-state index in [2.05, 4.69) is 5.92 Å². The van der Waals surface area contributed by atoms with Crippen molar-refractivity contribution in [2.24, 2.45) is 5.92 Å². The van der Waals surface area contributed by atoms with E-state index in [4.69, 9.17) is 11.5 Å². The SMILES string of the molecule is C#CCN(CC(C)C(=O)O)c1ccc(F)c(F)c1. The van der Waals surface area contributed by atoms with Crippen LogP contribution in [0.1, 0.15) is 6.92 Å². The highest BCUT2D eigenvalue weighted by Gasteiger charge is 2.17. The van der Waals surface area contributed by atoms with E-state index < -0.39 is 23.5 Å². The van der Waals surface area contributed by atoms with Gasteiger partial charge in [0.05, 0.1) is 12.5 Å². The Balaban J connectivity index is 2.94. The zero-order valence-corrected chi connectivity index (χ0v) is 9.86. The van der Waals surface area contributed by atoms with E-state index in [-0.39, 0.29) is 13.1 Å². The third-order valence-electron chi connectivity index (χ3n) is 2.47. The van der Waals surface area contributed by atoms with Crippen LogP contribution in [0, 0.1) is 29.9 Å². The Morgan fingerprint density at radius 2 is 2.17 bits per heavy atom. The molecule has 0 saturated heterocycles. The maximum absolute atomic E-state index is 13.1. The minimum absolute atomic E-state index is 0.128. The molecule has 0 aliphatic rings. The fourth-order valence-corrected chi connectivity index (χ4v) is 1.46. The molecule has 1 unspecified atom stereocenters. The Bertz CT molecular complexity index is 482. The summed E-state index contributed by atoms with van der Waals surface area (Å²) >= 11 is 0. The van der Waals surface area contributed by atoms with Gasteiger partial charge in [0.1, 0.15) is 0 Å². The summed E-state index contributed by atoms with van der Waals surface area (Å²) < 4.78 is 25.9. The molecule has 0 spiro atoms. The Morgan fingerprint density at radius 3 is 2.67 bits per heavy atom. The van der Waals surface area contributed by atoms with Crippen LogP contribution >= 0.6 is 0 Å². The molecule has 5 heteroatoms. The van der Waals surface area contributed by atoms with Crippen LogP contribution in [0.2, 0.25) is 0 Å². The molecule has 1 atom stereocenters. The topological polar surface area (TPSA) is 40.5 Å². The summed E-state index contributed by atoms with van der Waals surface area (Å²) in [6.45, 7) is 1.78. The number of carboxylic acids is 1. The third-order valence-corrected chi connectivity index (χ3v) is 2.47. The molecular weight excluding hydrogens is 240 g/mol. The Hall–Kier alpha value is -2.09. The van der Waals surface area contributed by atoms with Crippen molar-refractivity contribution in [2.75, 3.05) is 18.0 Å². The second-order valence-electron chi connectivity index (χ2n) is 3.92. The molecule has 0 aromatic heterocycles. The van der Waals surface area contributed by atoms with E-state index >= 15 is 0 Å². The Kier molecular flexibility index (Phi) is 4.67. The highest BCUT2D eigenvalue weighted by molar-refractivity contribution is 5.70. The first kappa shape index (κ1) is 14.0. The number of rotatable bonds is 5. The smallest absolute Gasteiger partial charge is 0.308 e. The predicted octanol–water partition coefficient (Wildman–Crippen LogP) is 2.13. The lowest BCUT2D eigenvalue weighted by Crippen LogP contribution is -2.32. The van der Waals surface area contributed by atoms with Crippen LogP contribution in [0.5, 0.6) is 0 Å². The molecule has 0 saturated carbocycles. The average Bonchev–Trinajstić information content (AvgIpc) is 2.32. The summed E-state index contributed by atoms with van der Waals surface area (Å²) in [5, 5.41) is 8.83. The molecule has 1 rings (SSSR count). The van der Waals surface area contributed by atoms with Crippen LogP contribution in [0.4, 0.5) is 14.5 Å². The van der Waals surface area contributed by atoms with Crippen LogP contribution in [0.3, 0.4) is 0 Å². The van der Waals surface area contributed by atoms with E-state index in [0.29, 0.717) is 5.69 Å². The summed E-state index contributed by atoms with van der Waals surface area (Å²) in [6, 6.07) is 3.35. The van der Waals surface area contributed by atoms with E-state index in [1.54, 1.807) is 0 Å². The molecule has 0 radical (unpaired) electrons. The number of hydrogen-bond acceptors (Lipinski definition) is 2. The summed E-state index contributed by atoms with van der Waals surface area (Å²) in [4.78, 5) is 12.3. The van der Waals surface area contributed by atoms with Crippen molar-refractivity contribution in [1.29, 1.82) is 0 Å². The summed E-state index contributed by atoms with van der Waals surface area (Å²) in [5.41, 5.74) is 0.361. The molecule has 0 aliphatic heterocycles. The van der Waals surface area contributed by atoms with Gasteiger partial charge in [0, 0.05) is 18.3 Å². The Labute approximate surface area is 104 Å². The summed E-state index contributed by atoms with van der Waals surface area (Å²) in [6.07, 6.45) is 5.18. The van der Waals surface area contributed by atoms with Crippen molar-refractivity contribution < 1.29 is 18.7 Å². The van der Waals surface area contributed by atoms with Crippen molar-refractivity contribution in [1.82, 2.24) is 0 Å². The molecule has 3 nitrogen and oxygen atoms in total. The largest absolute Gasteiger partial charge is 0.481 e. The second-order valence-corrected chi connectivity index (χ2v) is 3.92. The quantitative estimate of drug-likeness (QED) is 0.817. The molecule has 0 amide bonds. The van der Waals surface area contributed by atoms with Crippen LogP contribution in [-0.2, 0) is 4.79 Å². The highest BCUT2D eigenvalue weighted by Crippen LogP contribution is 2.19. The normalized spacial score (nSPS) is 11.7. The minimum Gasteiger partial charge on any atom is -0.481 e. The number of benzene rings is 1. The molecule has 1 aromatic carbocycles. The van der Waals surface area contributed by atoms with Gasteiger partial charge in [-0.1, -0.05) is 12.8 Å². The fourth-order valence-electron chi connectivity index (χ4n) is 1.46. The number of terminal acetylenes is 1. The van der Waals surface area contributed by atoms with Gasteiger partial charge in [0.15, 0.2) is 11.6 Å². The van der Waals surface area contributed by atoms with Crippen LogP contribution in [0.15, 0.2) is 18.2 Å². The lowest BCUT2D eigenvalue weighted by molar-refractivity contribution is -0.140. The molecule has 96 valence electrons. The lowest BCUT2D eigenvalue weighted by atomic mass is 10.1. The van der Waals surface area contributed by atoms with E-state index in [1.165, 1.54) is 17.9 Å². The molecule has 0 fully saturated rings. The van der Waals surface area contributed by atoms with Gasteiger partial charge in [0.2, 0.25) is 0 Å². The standard InChI is InChI=1S/C13H13F2NO2/c1-3-6-16(8-9(2)13(17)18)10-4-5-11(14)12(15)7-10/h1,4-5,7,9H,6,8H2,2H3,(H,17,18). The van der Waals surface area contributed by atoms with Crippen molar-refractivity contribution in [3.8, 4) is 12.3 Å². The van der Waals surface area contributed by atoms with Crippen LogP contribution in [0.25, 0.3) is 0 Å².